The van der Waals surface area contributed by atoms with Crippen molar-refractivity contribution in [1.82, 2.24) is 0 Å². The summed E-state index contributed by atoms with van der Waals surface area (Å²) in [5.74, 6) is -3.11. The molecule has 0 bridgehead atoms. The fourth-order valence-electron chi connectivity index (χ4n) is 6.57. The van der Waals surface area contributed by atoms with E-state index in [-0.39, 0.29) is 83.9 Å². The Bertz CT molecular complexity index is 1500. The van der Waals surface area contributed by atoms with Crippen molar-refractivity contribution in [1.29, 1.82) is 0 Å². The summed E-state index contributed by atoms with van der Waals surface area (Å²) in [6, 6.07) is 2.52. The molecule has 48 heavy (non-hydrogen) atoms. The first-order chi connectivity index (χ1) is 22.6. The molecule has 2 N–H and O–H groups in total. The van der Waals surface area contributed by atoms with Gasteiger partial charge in [-0.1, -0.05) is 90.0 Å². The van der Waals surface area contributed by atoms with Gasteiger partial charge in [0.1, 0.15) is 13.2 Å². The SMILES string of the molecule is C=CCON=C(CCC)C1=C(c2c(C(=O)O)ccc(C(=O)O)c2C2=C(C(CCC)=NOCC=C)C(=O)CC(C)(C)C2)CC(C)(C)CC1=O. The molecule has 0 amide bonds. The summed E-state index contributed by atoms with van der Waals surface area (Å²) in [6.45, 7) is 19.0. The monoisotopic (exact) mass is 660 g/mol. The molecule has 0 saturated heterocycles. The van der Waals surface area contributed by atoms with E-state index in [1.165, 1.54) is 24.3 Å². The van der Waals surface area contributed by atoms with Crippen LogP contribution in [0.15, 0.2) is 58.9 Å². The third kappa shape index (κ3) is 8.65. The van der Waals surface area contributed by atoms with Crippen LogP contribution in [0.3, 0.4) is 0 Å². The summed E-state index contributed by atoms with van der Waals surface area (Å²) in [7, 11) is 0. The molecule has 3 rings (SSSR count). The molecule has 2 aliphatic carbocycles. The Morgan fingerprint density at radius 1 is 0.729 bits per heavy atom. The predicted octanol–water partition coefficient (Wildman–Crippen LogP) is 8.09. The van der Waals surface area contributed by atoms with E-state index >= 15 is 0 Å². The fourth-order valence-corrected chi connectivity index (χ4v) is 6.57. The highest BCUT2D eigenvalue weighted by molar-refractivity contribution is 6.31. The van der Waals surface area contributed by atoms with Crippen molar-refractivity contribution in [3.63, 3.8) is 0 Å². The molecule has 0 radical (unpaired) electrons. The van der Waals surface area contributed by atoms with Crippen LogP contribution >= 0.6 is 0 Å². The van der Waals surface area contributed by atoms with Crippen molar-refractivity contribution >= 4 is 46.1 Å². The molecule has 0 aliphatic heterocycles. The van der Waals surface area contributed by atoms with Crippen molar-refractivity contribution in [2.75, 3.05) is 13.2 Å². The lowest BCUT2D eigenvalue weighted by molar-refractivity contribution is -0.118. The van der Waals surface area contributed by atoms with E-state index in [1.807, 2.05) is 41.5 Å². The highest BCUT2D eigenvalue weighted by Gasteiger charge is 2.42. The first-order valence-electron chi connectivity index (χ1n) is 16.4. The molecule has 10 heteroatoms. The van der Waals surface area contributed by atoms with Crippen LogP contribution in [0.2, 0.25) is 0 Å². The van der Waals surface area contributed by atoms with E-state index in [2.05, 4.69) is 23.5 Å². The molecule has 0 fully saturated rings. The van der Waals surface area contributed by atoms with Crippen molar-refractivity contribution in [2.45, 2.75) is 92.9 Å². The van der Waals surface area contributed by atoms with Gasteiger partial charge in [-0.15, -0.1) is 0 Å². The largest absolute Gasteiger partial charge is 0.478 e. The lowest BCUT2D eigenvalue weighted by atomic mass is 9.66. The summed E-state index contributed by atoms with van der Waals surface area (Å²) < 4.78 is 0. The number of oxime groups is 2. The Morgan fingerprint density at radius 3 is 1.38 bits per heavy atom. The maximum atomic E-state index is 14.1. The number of carboxylic acids is 2. The van der Waals surface area contributed by atoms with Gasteiger partial charge >= 0.3 is 11.9 Å². The average molecular weight is 661 g/mol. The third-order valence-electron chi connectivity index (χ3n) is 8.30. The van der Waals surface area contributed by atoms with Crippen LogP contribution in [0.1, 0.15) is 125 Å². The fraction of sp³-hybridized carbons (Fsp3) is 0.474. The molecular weight excluding hydrogens is 612 g/mol. The molecule has 0 spiro atoms. The maximum absolute atomic E-state index is 14.1. The van der Waals surface area contributed by atoms with Gasteiger partial charge in [0, 0.05) is 35.1 Å². The zero-order valence-corrected chi connectivity index (χ0v) is 29.0. The maximum Gasteiger partial charge on any atom is 0.336 e. The van der Waals surface area contributed by atoms with Crippen molar-refractivity contribution < 1.29 is 39.1 Å². The first kappa shape index (κ1) is 37.9. The van der Waals surface area contributed by atoms with Gasteiger partial charge in [0.2, 0.25) is 0 Å². The van der Waals surface area contributed by atoms with Gasteiger partial charge in [-0.3, -0.25) is 9.59 Å². The lowest BCUT2D eigenvalue weighted by Gasteiger charge is -2.37. The molecule has 10 nitrogen and oxygen atoms in total. The van der Waals surface area contributed by atoms with E-state index in [9.17, 15) is 29.4 Å². The molecule has 0 atom stereocenters. The quantitative estimate of drug-likeness (QED) is 0.0781. The minimum Gasteiger partial charge on any atom is -0.478 e. The molecule has 1 aromatic rings. The average Bonchev–Trinajstić information content (AvgIpc) is 2.98. The minimum absolute atomic E-state index is 0.0897. The number of allylic oxidation sites excluding steroid dienone is 4. The van der Waals surface area contributed by atoms with E-state index in [0.29, 0.717) is 48.3 Å². The van der Waals surface area contributed by atoms with Crippen LogP contribution in [-0.4, -0.2) is 58.4 Å². The highest BCUT2D eigenvalue weighted by Crippen LogP contribution is 2.50. The van der Waals surface area contributed by atoms with E-state index in [0.717, 1.165) is 0 Å². The van der Waals surface area contributed by atoms with E-state index < -0.39 is 22.8 Å². The molecule has 2 aliphatic rings. The Kier molecular flexibility index (Phi) is 12.6. The van der Waals surface area contributed by atoms with Gasteiger partial charge in [-0.05, 0) is 59.8 Å². The number of aromatic carboxylic acids is 2. The molecule has 0 heterocycles. The molecule has 1 aromatic carbocycles. The van der Waals surface area contributed by atoms with Crippen molar-refractivity contribution in [3.05, 3.63) is 70.8 Å². The summed E-state index contributed by atoms with van der Waals surface area (Å²) in [4.78, 5) is 65.3. The molecule has 0 unspecified atom stereocenters. The minimum atomic E-state index is -1.30. The summed E-state index contributed by atoms with van der Waals surface area (Å²) in [5.41, 5.74) is 0.447. The van der Waals surface area contributed by atoms with Crippen LogP contribution < -0.4 is 0 Å². The number of nitrogens with zero attached hydrogens (tertiary/aromatic N) is 2. The number of rotatable bonds is 16. The topological polar surface area (TPSA) is 152 Å². The molecular formula is C38H48N2O8. The van der Waals surface area contributed by atoms with Crippen molar-refractivity contribution in [2.24, 2.45) is 21.1 Å². The van der Waals surface area contributed by atoms with Gasteiger partial charge in [-0.25, -0.2) is 9.59 Å². The number of carbonyl (C=O) groups excluding carboxylic acids is 2. The highest BCUT2D eigenvalue weighted by atomic mass is 16.6. The van der Waals surface area contributed by atoms with Gasteiger partial charge in [0.05, 0.1) is 22.6 Å². The number of carbonyl (C=O) groups is 4. The van der Waals surface area contributed by atoms with Crippen LogP contribution in [0.5, 0.6) is 0 Å². The summed E-state index contributed by atoms with van der Waals surface area (Å²) in [5, 5.41) is 29.9. The van der Waals surface area contributed by atoms with Gasteiger partial charge in [0.15, 0.2) is 11.6 Å². The molecule has 258 valence electrons. The lowest BCUT2D eigenvalue weighted by Crippen LogP contribution is -2.32. The second-order valence-corrected chi connectivity index (χ2v) is 13.9. The number of benzene rings is 1. The standard InChI is InChI=1S/C38H48N2O8/c1-9-13-27(39-47-17-11-3)33-25(19-37(5,6)21-29(33)41)31-23(35(43)44)15-16-24(36(45)46)32(31)26-20-38(7,8)22-30(42)34(26)28(14-10-2)40-48-18-12-4/h11-12,15-16H,3-4,9-10,13-14,17-22H2,1-2,5-8H3,(H,43,44)(H,45,46). The summed E-state index contributed by atoms with van der Waals surface area (Å²) >= 11 is 0. The molecule has 0 saturated carbocycles. The number of hydrogen-bond acceptors (Lipinski definition) is 8. The number of carboxylic acid groups (broad SMARTS) is 2. The number of Topliss-reactive ketones (excluding diaryl/α,β-unsaturated/α-hetero) is 2. The number of ketones is 2. The Balaban J connectivity index is 2.70. The van der Waals surface area contributed by atoms with Crippen LogP contribution in [-0.2, 0) is 19.3 Å². The van der Waals surface area contributed by atoms with Crippen LogP contribution in [0.25, 0.3) is 11.1 Å². The predicted molar refractivity (Wildman–Crippen MR) is 187 cm³/mol. The Morgan fingerprint density at radius 2 is 1.08 bits per heavy atom. The second-order valence-electron chi connectivity index (χ2n) is 13.9. The van der Waals surface area contributed by atoms with Gasteiger partial charge < -0.3 is 19.9 Å². The normalized spacial score (nSPS) is 18.1. The first-order valence-corrected chi connectivity index (χ1v) is 16.4. The number of hydrogen-bond donors (Lipinski definition) is 2. The second kappa shape index (κ2) is 16.0. The third-order valence-corrected chi connectivity index (χ3v) is 8.30. The van der Waals surface area contributed by atoms with Gasteiger partial charge in [-0.2, -0.15) is 0 Å². The van der Waals surface area contributed by atoms with E-state index in [4.69, 9.17) is 9.68 Å². The van der Waals surface area contributed by atoms with Crippen LogP contribution in [0.4, 0.5) is 0 Å². The smallest absolute Gasteiger partial charge is 0.336 e. The van der Waals surface area contributed by atoms with Crippen LogP contribution in [0, 0.1) is 10.8 Å². The van der Waals surface area contributed by atoms with Gasteiger partial charge in [0.25, 0.3) is 0 Å². The summed E-state index contributed by atoms with van der Waals surface area (Å²) in [6.07, 6.45) is 5.79. The molecule has 0 aromatic heterocycles. The zero-order chi connectivity index (χ0) is 35.8. The zero-order valence-electron chi connectivity index (χ0n) is 29.0. The van der Waals surface area contributed by atoms with Crippen molar-refractivity contribution in [3.8, 4) is 0 Å². The Labute approximate surface area is 282 Å². The van der Waals surface area contributed by atoms with E-state index in [1.54, 1.807) is 0 Å². The Hall–Kier alpha value is -4.60.